The minimum absolute atomic E-state index is 0.0940. The van der Waals surface area contributed by atoms with Crippen LogP contribution in [0.1, 0.15) is 13.8 Å². The second-order valence-electron chi connectivity index (χ2n) is 4.82. The molecule has 1 aliphatic rings. The lowest BCUT2D eigenvalue weighted by Gasteiger charge is -2.14. The van der Waals surface area contributed by atoms with Gasteiger partial charge in [0.2, 0.25) is 0 Å². The van der Waals surface area contributed by atoms with E-state index in [1.807, 2.05) is 44.2 Å². The van der Waals surface area contributed by atoms with E-state index in [1.165, 1.54) is 4.90 Å². The molecule has 1 aromatic rings. The van der Waals surface area contributed by atoms with Crippen LogP contribution in [0, 0.1) is 5.92 Å². The molecule has 19 heavy (non-hydrogen) atoms. The molecule has 102 valence electrons. The van der Waals surface area contributed by atoms with Crippen molar-refractivity contribution in [1.82, 2.24) is 10.2 Å². The molecule has 5 nitrogen and oxygen atoms in total. The van der Waals surface area contributed by atoms with E-state index in [-0.39, 0.29) is 24.4 Å². The number of nitrogens with zero attached hydrogens (tertiary/aromatic N) is 1. The summed E-state index contributed by atoms with van der Waals surface area (Å²) in [7, 11) is 0. The van der Waals surface area contributed by atoms with Gasteiger partial charge in [-0.25, -0.2) is 4.79 Å². The zero-order valence-electron chi connectivity index (χ0n) is 11.1. The van der Waals surface area contributed by atoms with Gasteiger partial charge in [-0.1, -0.05) is 32.0 Å². The van der Waals surface area contributed by atoms with Crippen molar-refractivity contribution >= 4 is 11.9 Å². The quantitative estimate of drug-likeness (QED) is 0.821. The summed E-state index contributed by atoms with van der Waals surface area (Å²) in [5.74, 6) is 0.656. The van der Waals surface area contributed by atoms with E-state index in [9.17, 15) is 9.59 Å². The minimum Gasteiger partial charge on any atom is -0.492 e. The van der Waals surface area contributed by atoms with Gasteiger partial charge in [0.25, 0.3) is 5.91 Å². The minimum atomic E-state index is -0.413. The zero-order chi connectivity index (χ0) is 13.8. The predicted octanol–water partition coefficient (Wildman–Crippen LogP) is 1.64. The van der Waals surface area contributed by atoms with Gasteiger partial charge in [-0.05, 0) is 18.1 Å². The van der Waals surface area contributed by atoms with Crippen LogP contribution in [0.25, 0.3) is 0 Å². The molecule has 0 saturated carbocycles. The summed E-state index contributed by atoms with van der Waals surface area (Å²) in [4.78, 5) is 24.9. The number of carbonyl (C=O) groups excluding carboxylic acids is 2. The highest BCUT2D eigenvalue weighted by Crippen LogP contribution is 2.14. The SMILES string of the molecule is CC(C)C1NC(=O)N(CCOc2ccccc2)C1=O. The van der Waals surface area contributed by atoms with Gasteiger partial charge in [-0.2, -0.15) is 0 Å². The van der Waals surface area contributed by atoms with Gasteiger partial charge in [-0.15, -0.1) is 0 Å². The fourth-order valence-electron chi connectivity index (χ4n) is 1.98. The van der Waals surface area contributed by atoms with Crippen molar-refractivity contribution in [3.63, 3.8) is 0 Å². The van der Waals surface area contributed by atoms with Crippen LogP contribution in [0.15, 0.2) is 30.3 Å². The molecule has 1 unspecified atom stereocenters. The molecule has 1 heterocycles. The van der Waals surface area contributed by atoms with Crippen molar-refractivity contribution in [2.24, 2.45) is 5.92 Å². The van der Waals surface area contributed by atoms with E-state index >= 15 is 0 Å². The molecule has 2 rings (SSSR count). The molecule has 1 fully saturated rings. The number of rotatable bonds is 5. The third kappa shape index (κ3) is 3.05. The van der Waals surface area contributed by atoms with Crippen molar-refractivity contribution in [2.45, 2.75) is 19.9 Å². The van der Waals surface area contributed by atoms with E-state index in [0.717, 1.165) is 5.75 Å². The van der Waals surface area contributed by atoms with Gasteiger partial charge in [0.15, 0.2) is 0 Å². The summed E-state index contributed by atoms with van der Waals surface area (Å²) in [6.07, 6.45) is 0. The van der Waals surface area contributed by atoms with Crippen LogP contribution in [-0.4, -0.2) is 36.0 Å². The Kier molecular flexibility index (Phi) is 4.04. The Morgan fingerprint density at radius 3 is 2.53 bits per heavy atom. The third-order valence-corrected chi connectivity index (χ3v) is 3.05. The lowest BCUT2D eigenvalue weighted by Crippen LogP contribution is -2.36. The molecule has 1 N–H and O–H groups in total. The maximum atomic E-state index is 12.0. The average Bonchev–Trinajstić information content (AvgIpc) is 2.68. The third-order valence-electron chi connectivity index (χ3n) is 3.05. The summed E-state index contributed by atoms with van der Waals surface area (Å²) in [6, 6.07) is 8.57. The Hall–Kier alpha value is -2.04. The number of carbonyl (C=O) groups is 2. The first-order valence-corrected chi connectivity index (χ1v) is 6.39. The van der Waals surface area contributed by atoms with Gasteiger partial charge >= 0.3 is 6.03 Å². The first-order chi connectivity index (χ1) is 9.09. The number of para-hydroxylation sites is 1. The highest BCUT2D eigenvalue weighted by Gasteiger charge is 2.39. The Bertz CT molecular complexity index is 459. The van der Waals surface area contributed by atoms with Crippen molar-refractivity contribution in [1.29, 1.82) is 0 Å². The lowest BCUT2D eigenvalue weighted by atomic mass is 10.1. The molecule has 1 aromatic carbocycles. The number of amides is 3. The molecule has 1 saturated heterocycles. The highest BCUT2D eigenvalue weighted by atomic mass is 16.5. The largest absolute Gasteiger partial charge is 0.492 e. The molecule has 5 heteroatoms. The van der Waals surface area contributed by atoms with Crippen LogP contribution in [0.4, 0.5) is 4.79 Å². The number of hydrogen-bond acceptors (Lipinski definition) is 3. The maximum absolute atomic E-state index is 12.0. The Morgan fingerprint density at radius 2 is 1.95 bits per heavy atom. The van der Waals surface area contributed by atoms with Gasteiger partial charge < -0.3 is 10.1 Å². The molecule has 0 spiro atoms. The number of imide groups is 1. The van der Waals surface area contributed by atoms with Gasteiger partial charge in [0.1, 0.15) is 18.4 Å². The standard InChI is InChI=1S/C14H18N2O3/c1-10(2)12-13(17)16(14(18)15-12)8-9-19-11-6-4-3-5-7-11/h3-7,10,12H,8-9H2,1-2H3,(H,15,18). The summed E-state index contributed by atoms with van der Waals surface area (Å²) >= 11 is 0. The molecule has 1 aliphatic heterocycles. The van der Waals surface area contributed by atoms with Gasteiger partial charge in [0.05, 0.1) is 6.54 Å². The Labute approximate surface area is 112 Å². The highest BCUT2D eigenvalue weighted by molar-refractivity contribution is 6.04. The second kappa shape index (κ2) is 5.73. The average molecular weight is 262 g/mol. The van der Waals surface area contributed by atoms with Crippen LogP contribution < -0.4 is 10.1 Å². The summed E-state index contributed by atoms with van der Waals surface area (Å²) in [5.41, 5.74) is 0. The first-order valence-electron chi connectivity index (χ1n) is 6.39. The van der Waals surface area contributed by atoms with Crippen molar-refractivity contribution in [2.75, 3.05) is 13.2 Å². The summed E-state index contributed by atoms with van der Waals surface area (Å²) in [6.45, 7) is 4.39. The zero-order valence-corrected chi connectivity index (χ0v) is 11.1. The topological polar surface area (TPSA) is 58.6 Å². The number of benzene rings is 1. The molecule has 0 radical (unpaired) electrons. The van der Waals surface area contributed by atoms with Crippen LogP contribution in [0.5, 0.6) is 5.75 Å². The number of ether oxygens (including phenoxy) is 1. The van der Waals surface area contributed by atoms with E-state index in [0.29, 0.717) is 6.61 Å². The molecule has 0 aliphatic carbocycles. The van der Waals surface area contributed by atoms with Gasteiger partial charge in [0, 0.05) is 0 Å². The molecule has 0 aromatic heterocycles. The lowest BCUT2D eigenvalue weighted by molar-refractivity contribution is -0.128. The van der Waals surface area contributed by atoms with Crippen LogP contribution >= 0.6 is 0 Å². The number of hydrogen-bond donors (Lipinski definition) is 1. The number of urea groups is 1. The van der Waals surface area contributed by atoms with Crippen LogP contribution in [0.3, 0.4) is 0 Å². The second-order valence-corrected chi connectivity index (χ2v) is 4.82. The normalized spacial score (nSPS) is 18.9. The molecule has 1 atom stereocenters. The fraction of sp³-hybridized carbons (Fsp3) is 0.429. The monoisotopic (exact) mass is 262 g/mol. The smallest absolute Gasteiger partial charge is 0.324 e. The molecular weight excluding hydrogens is 244 g/mol. The van der Waals surface area contributed by atoms with E-state index in [1.54, 1.807) is 0 Å². The summed E-state index contributed by atoms with van der Waals surface area (Å²) in [5, 5.41) is 2.68. The van der Waals surface area contributed by atoms with E-state index in [2.05, 4.69) is 5.32 Å². The Balaban J connectivity index is 1.86. The molecule has 3 amide bonds. The predicted molar refractivity (Wildman–Crippen MR) is 70.8 cm³/mol. The Morgan fingerprint density at radius 1 is 1.26 bits per heavy atom. The fourth-order valence-corrected chi connectivity index (χ4v) is 1.98. The molecular formula is C14H18N2O3. The first kappa shape index (κ1) is 13.4. The van der Waals surface area contributed by atoms with Crippen molar-refractivity contribution in [3.05, 3.63) is 30.3 Å². The van der Waals surface area contributed by atoms with Crippen molar-refractivity contribution < 1.29 is 14.3 Å². The van der Waals surface area contributed by atoms with Crippen LogP contribution in [0.2, 0.25) is 0 Å². The van der Waals surface area contributed by atoms with Crippen molar-refractivity contribution in [3.8, 4) is 5.75 Å². The molecule has 0 bridgehead atoms. The van der Waals surface area contributed by atoms with E-state index < -0.39 is 6.04 Å². The van der Waals surface area contributed by atoms with Crippen LogP contribution in [-0.2, 0) is 4.79 Å². The number of nitrogens with one attached hydrogen (secondary N) is 1. The summed E-state index contributed by atoms with van der Waals surface area (Å²) < 4.78 is 5.49. The maximum Gasteiger partial charge on any atom is 0.324 e. The van der Waals surface area contributed by atoms with Gasteiger partial charge in [-0.3, -0.25) is 9.69 Å². The van der Waals surface area contributed by atoms with E-state index in [4.69, 9.17) is 4.74 Å².